The first-order valence-corrected chi connectivity index (χ1v) is 5.96. The van der Waals surface area contributed by atoms with Gasteiger partial charge in [0.05, 0.1) is 11.7 Å². The second-order valence-electron chi connectivity index (χ2n) is 4.48. The van der Waals surface area contributed by atoms with E-state index in [-0.39, 0.29) is 12.0 Å². The molecular weight excluding hydrogens is 272 g/mol. The number of aliphatic hydroxyl groups is 1. The van der Waals surface area contributed by atoms with E-state index in [2.05, 4.69) is 0 Å². The van der Waals surface area contributed by atoms with Crippen LogP contribution in [-0.4, -0.2) is 5.11 Å². The van der Waals surface area contributed by atoms with E-state index in [1.165, 1.54) is 0 Å². The van der Waals surface area contributed by atoms with Crippen LogP contribution in [0.4, 0.5) is 17.6 Å². The lowest BCUT2D eigenvalue weighted by Crippen LogP contribution is -2.09. The smallest absolute Gasteiger partial charge is 0.388 e. The SMILES string of the molecule is OC(Cc1ccccc1)c1cc(F)cc(C(F)(F)F)c1. The Balaban J connectivity index is 2.26. The molecule has 0 spiro atoms. The molecule has 0 aliphatic carbocycles. The highest BCUT2D eigenvalue weighted by molar-refractivity contribution is 5.29. The van der Waals surface area contributed by atoms with E-state index in [1.54, 1.807) is 30.3 Å². The van der Waals surface area contributed by atoms with E-state index in [1.807, 2.05) is 0 Å². The molecule has 1 N–H and O–H groups in total. The Hall–Kier alpha value is -1.88. The van der Waals surface area contributed by atoms with E-state index < -0.39 is 23.7 Å². The lowest BCUT2D eigenvalue weighted by Gasteiger charge is -2.14. The second-order valence-corrected chi connectivity index (χ2v) is 4.48. The third-order valence-electron chi connectivity index (χ3n) is 2.90. The summed E-state index contributed by atoms with van der Waals surface area (Å²) in [5.74, 6) is -1.01. The molecule has 106 valence electrons. The molecule has 0 aromatic heterocycles. The highest BCUT2D eigenvalue weighted by Crippen LogP contribution is 2.32. The molecule has 0 bridgehead atoms. The van der Waals surface area contributed by atoms with Crippen molar-refractivity contribution in [1.82, 2.24) is 0 Å². The number of benzene rings is 2. The number of hydrogen-bond acceptors (Lipinski definition) is 1. The van der Waals surface area contributed by atoms with Crippen molar-refractivity contribution in [2.45, 2.75) is 18.7 Å². The van der Waals surface area contributed by atoms with Gasteiger partial charge in [-0.3, -0.25) is 0 Å². The maximum absolute atomic E-state index is 13.2. The van der Waals surface area contributed by atoms with Gasteiger partial charge in [-0.15, -0.1) is 0 Å². The molecule has 0 heterocycles. The Morgan fingerprint density at radius 1 is 1.00 bits per heavy atom. The summed E-state index contributed by atoms with van der Waals surface area (Å²) in [7, 11) is 0. The Kier molecular flexibility index (Phi) is 4.09. The third kappa shape index (κ3) is 3.57. The molecule has 0 amide bonds. The van der Waals surface area contributed by atoms with Gasteiger partial charge in [0.25, 0.3) is 0 Å². The van der Waals surface area contributed by atoms with E-state index in [9.17, 15) is 22.7 Å². The van der Waals surface area contributed by atoms with Gasteiger partial charge in [0.1, 0.15) is 5.82 Å². The normalized spacial score (nSPS) is 13.2. The first-order chi connectivity index (χ1) is 9.36. The minimum absolute atomic E-state index is 0.0822. The molecule has 0 fully saturated rings. The summed E-state index contributed by atoms with van der Waals surface area (Å²) < 4.78 is 51.0. The van der Waals surface area contributed by atoms with E-state index in [0.717, 1.165) is 17.7 Å². The number of rotatable bonds is 3. The Morgan fingerprint density at radius 3 is 2.25 bits per heavy atom. The molecule has 0 saturated heterocycles. The van der Waals surface area contributed by atoms with Crippen molar-refractivity contribution in [3.63, 3.8) is 0 Å². The molecule has 1 atom stereocenters. The van der Waals surface area contributed by atoms with Crippen molar-refractivity contribution < 1.29 is 22.7 Å². The summed E-state index contributed by atoms with van der Waals surface area (Å²) in [6, 6.07) is 10.9. The van der Waals surface area contributed by atoms with Crippen LogP contribution in [0.25, 0.3) is 0 Å². The predicted octanol–water partition coefficient (Wildman–Crippen LogP) is 4.12. The van der Waals surface area contributed by atoms with Crippen LogP contribution < -0.4 is 0 Å². The molecule has 0 aliphatic heterocycles. The monoisotopic (exact) mass is 284 g/mol. The summed E-state index contributed by atoms with van der Waals surface area (Å²) in [5.41, 5.74) is -0.418. The molecular formula is C15H12F4O. The molecule has 20 heavy (non-hydrogen) atoms. The van der Waals surface area contributed by atoms with Gasteiger partial charge in [0, 0.05) is 6.42 Å². The van der Waals surface area contributed by atoms with Gasteiger partial charge in [-0.25, -0.2) is 4.39 Å². The predicted molar refractivity (Wildman–Crippen MR) is 66.5 cm³/mol. The Bertz CT molecular complexity index is 578. The second kappa shape index (κ2) is 5.63. The number of aliphatic hydroxyl groups excluding tert-OH is 1. The molecule has 0 radical (unpaired) electrons. The fourth-order valence-electron chi connectivity index (χ4n) is 1.92. The van der Waals surface area contributed by atoms with Crippen LogP contribution in [0.1, 0.15) is 22.8 Å². The number of halogens is 4. The fourth-order valence-corrected chi connectivity index (χ4v) is 1.92. The van der Waals surface area contributed by atoms with Gasteiger partial charge >= 0.3 is 6.18 Å². The molecule has 2 aromatic carbocycles. The van der Waals surface area contributed by atoms with Crippen LogP contribution >= 0.6 is 0 Å². The van der Waals surface area contributed by atoms with Gasteiger partial charge in [-0.2, -0.15) is 13.2 Å². The molecule has 2 aromatic rings. The zero-order chi connectivity index (χ0) is 14.8. The van der Waals surface area contributed by atoms with Gasteiger partial charge in [-0.05, 0) is 29.3 Å². The van der Waals surface area contributed by atoms with Crippen LogP contribution in [0.2, 0.25) is 0 Å². The quantitative estimate of drug-likeness (QED) is 0.841. The maximum atomic E-state index is 13.2. The highest BCUT2D eigenvalue weighted by Gasteiger charge is 2.31. The average molecular weight is 284 g/mol. The maximum Gasteiger partial charge on any atom is 0.416 e. The lowest BCUT2D eigenvalue weighted by atomic mass is 9.99. The first-order valence-electron chi connectivity index (χ1n) is 5.96. The Labute approximate surface area is 113 Å². The van der Waals surface area contributed by atoms with Crippen molar-refractivity contribution in [3.05, 3.63) is 71.0 Å². The highest BCUT2D eigenvalue weighted by atomic mass is 19.4. The standard InChI is InChI=1S/C15H12F4O/c16-13-8-11(7-12(9-13)15(17,18)19)14(20)6-10-4-2-1-3-5-10/h1-5,7-9,14,20H,6H2. The van der Waals surface area contributed by atoms with Crippen molar-refractivity contribution in [2.24, 2.45) is 0 Å². The zero-order valence-corrected chi connectivity index (χ0v) is 10.4. The zero-order valence-electron chi connectivity index (χ0n) is 10.4. The van der Waals surface area contributed by atoms with E-state index in [0.29, 0.717) is 6.07 Å². The van der Waals surface area contributed by atoms with Crippen LogP contribution in [0.3, 0.4) is 0 Å². The summed E-state index contributed by atoms with van der Waals surface area (Å²) in [6.45, 7) is 0. The molecule has 5 heteroatoms. The van der Waals surface area contributed by atoms with Crippen molar-refractivity contribution in [2.75, 3.05) is 0 Å². The number of alkyl halides is 3. The molecule has 2 rings (SSSR count). The van der Waals surface area contributed by atoms with E-state index >= 15 is 0 Å². The van der Waals surface area contributed by atoms with Crippen molar-refractivity contribution >= 4 is 0 Å². The van der Waals surface area contributed by atoms with Gasteiger partial charge in [-0.1, -0.05) is 30.3 Å². The number of hydrogen-bond donors (Lipinski definition) is 1. The van der Waals surface area contributed by atoms with Crippen LogP contribution in [0.15, 0.2) is 48.5 Å². The van der Waals surface area contributed by atoms with Gasteiger partial charge in [0.2, 0.25) is 0 Å². The molecule has 0 saturated carbocycles. The first kappa shape index (κ1) is 14.5. The summed E-state index contributed by atoms with van der Waals surface area (Å²) in [5, 5.41) is 9.95. The van der Waals surface area contributed by atoms with Crippen LogP contribution in [0, 0.1) is 5.82 Å². The van der Waals surface area contributed by atoms with E-state index in [4.69, 9.17) is 0 Å². The topological polar surface area (TPSA) is 20.2 Å². The summed E-state index contributed by atoms with van der Waals surface area (Å²) >= 11 is 0. The molecule has 1 nitrogen and oxygen atoms in total. The van der Waals surface area contributed by atoms with Crippen LogP contribution in [-0.2, 0) is 12.6 Å². The fraction of sp³-hybridized carbons (Fsp3) is 0.200. The summed E-state index contributed by atoms with van der Waals surface area (Å²) in [6.07, 6.45) is -5.69. The molecule has 1 unspecified atom stereocenters. The van der Waals surface area contributed by atoms with Crippen molar-refractivity contribution in [1.29, 1.82) is 0 Å². The average Bonchev–Trinajstić information content (AvgIpc) is 2.38. The Morgan fingerprint density at radius 2 is 1.65 bits per heavy atom. The van der Waals surface area contributed by atoms with Crippen molar-refractivity contribution in [3.8, 4) is 0 Å². The van der Waals surface area contributed by atoms with Crippen LogP contribution in [0.5, 0.6) is 0 Å². The third-order valence-corrected chi connectivity index (χ3v) is 2.90. The van der Waals surface area contributed by atoms with Gasteiger partial charge in [0.15, 0.2) is 0 Å². The minimum Gasteiger partial charge on any atom is -0.388 e. The lowest BCUT2D eigenvalue weighted by molar-refractivity contribution is -0.137. The van der Waals surface area contributed by atoms with Gasteiger partial charge < -0.3 is 5.11 Å². The summed E-state index contributed by atoms with van der Waals surface area (Å²) in [4.78, 5) is 0. The minimum atomic E-state index is -4.64. The largest absolute Gasteiger partial charge is 0.416 e. The molecule has 0 aliphatic rings.